The molecule has 0 amide bonds. The number of likely N-dealkylation sites (tertiary alicyclic amines) is 1. The fourth-order valence-corrected chi connectivity index (χ4v) is 5.51. The van der Waals surface area contributed by atoms with Gasteiger partial charge in [-0.05, 0) is 61.7 Å². The molecular formula is C23H24N4O3S. The molecular weight excluding hydrogens is 412 g/mol. The van der Waals surface area contributed by atoms with Gasteiger partial charge in [0.2, 0.25) is 0 Å². The van der Waals surface area contributed by atoms with Crippen LogP contribution in [0.1, 0.15) is 24.3 Å². The lowest BCUT2D eigenvalue weighted by Gasteiger charge is -2.16. The molecule has 0 bridgehead atoms. The zero-order valence-electron chi connectivity index (χ0n) is 17.3. The second-order valence-corrected chi connectivity index (χ2v) is 9.01. The summed E-state index contributed by atoms with van der Waals surface area (Å²) in [6, 6.07) is 12.0. The first kappa shape index (κ1) is 20.0. The Morgan fingerprint density at radius 1 is 1.23 bits per heavy atom. The van der Waals surface area contributed by atoms with Crippen molar-refractivity contribution in [3.63, 3.8) is 0 Å². The van der Waals surface area contributed by atoms with Gasteiger partial charge in [0.25, 0.3) is 5.56 Å². The van der Waals surface area contributed by atoms with E-state index in [2.05, 4.69) is 27.0 Å². The predicted octanol–water partition coefficient (Wildman–Crippen LogP) is 3.19. The van der Waals surface area contributed by atoms with E-state index >= 15 is 0 Å². The number of pyridine rings is 1. The summed E-state index contributed by atoms with van der Waals surface area (Å²) >= 11 is 1.38. The molecule has 0 aliphatic carbocycles. The number of methoxy groups -OCH3 is 1. The summed E-state index contributed by atoms with van der Waals surface area (Å²) in [4.78, 5) is 35.1. The van der Waals surface area contributed by atoms with Gasteiger partial charge in [-0.15, -0.1) is 11.3 Å². The maximum Gasteiger partial charge on any atom is 0.328 e. The number of fused-ring (bicyclic) bond motifs is 3. The highest BCUT2D eigenvalue weighted by molar-refractivity contribution is 7.25. The number of ether oxygens (including phenoxy) is 1. The molecule has 5 rings (SSSR count). The number of nitrogens with one attached hydrogen (secondary N) is 1. The average molecular weight is 437 g/mol. The predicted molar refractivity (Wildman–Crippen MR) is 123 cm³/mol. The quantitative estimate of drug-likeness (QED) is 0.502. The van der Waals surface area contributed by atoms with Gasteiger partial charge in [-0.25, -0.2) is 4.79 Å². The number of hydrogen-bond acceptors (Lipinski definition) is 6. The van der Waals surface area contributed by atoms with Crippen molar-refractivity contribution in [2.24, 2.45) is 0 Å². The van der Waals surface area contributed by atoms with Gasteiger partial charge in [-0.3, -0.25) is 14.3 Å². The molecule has 0 unspecified atom stereocenters. The van der Waals surface area contributed by atoms with Crippen LogP contribution in [0, 0.1) is 0 Å². The summed E-state index contributed by atoms with van der Waals surface area (Å²) in [6.07, 6.45) is 3.53. The van der Waals surface area contributed by atoms with Gasteiger partial charge in [0.1, 0.15) is 16.0 Å². The van der Waals surface area contributed by atoms with Gasteiger partial charge >= 0.3 is 5.69 Å². The van der Waals surface area contributed by atoms with Crippen molar-refractivity contribution in [2.45, 2.75) is 25.3 Å². The Hall–Kier alpha value is -2.97. The third-order valence-electron chi connectivity index (χ3n) is 6.06. The maximum absolute atomic E-state index is 12.9. The fourth-order valence-electron chi connectivity index (χ4n) is 4.44. The Kier molecular flexibility index (Phi) is 5.33. The molecule has 160 valence electrons. The monoisotopic (exact) mass is 436 g/mol. The summed E-state index contributed by atoms with van der Waals surface area (Å²) < 4.78 is 8.14. The summed E-state index contributed by atoms with van der Waals surface area (Å²) in [5.41, 5.74) is 1.95. The van der Waals surface area contributed by atoms with E-state index in [4.69, 9.17) is 4.74 Å². The maximum atomic E-state index is 12.9. The van der Waals surface area contributed by atoms with Crippen LogP contribution in [0.15, 0.2) is 52.2 Å². The lowest BCUT2D eigenvalue weighted by molar-refractivity contribution is 0.319. The van der Waals surface area contributed by atoms with Crippen LogP contribution in [0.4, 0.5) is 0 Å². The Balaban J connectivity index is 1.27. The molecule has 3 aromatic heterocycles. The van der Waals surface area contributed by atoms with Crippen LogP contribution in [0.25, 0.3) is 20.4 Å². The van der Waals surface area contributed by atoms with Gasteiger partial charge in [0, 0.05) is 19.3 Å². The van der Waals surface area contributed by atoms with E-state index in [9.17, 15) is 9.59 Å². The van der Waals surface area contributed by atoms with Crippen molar-refractivity contribution in [2.75, 3.05) is 26.7 Å². The number of aromatic nitrogens is 3. The van der Waals surface area contributed by atoms with Gasteiger partial charge in [-0.2, -0.15) is 0 Å². The highest BCUT2D eigenvalue weighted by Crippen LogP contribution is 2.29. The van der Waals surface area contributed by atoms with E-state index in [1.54, 1.807) is 13.3 Å². The van der Waals surface area contributed by atoms with Gasteiger partial charge in [0.05, 0.1) is 17.3 Å². The molecule has 4 aromatic rings. The van der Waals surface area contributed by atoms with E-state index in [0.29, 0.717) is 28.2 Å². The molecule has 1 aliphatic rings. The summed E-state index contributed by atoms with van der Waals surface area (Å²) in [6.45, 7) is 3.28. The lowest BCUT2D eigenvalue weighted by Crippen LogP contribution is -2.35. The standard InChI is InChI=1S/C23H24N4O3S/c1-30-17-6-2-5-15(13-17)16-8-12-26(14-16)10-4-11-27-22(28)21-20(25-23(27)29)19-18(31-21)7-3-9-24-19/h2-3,5-7,9,13,16H,4,8,10-12,14H2,1H3,(H,25,29)/t16-/m0/s1. The van der Waals surface area contributed by atoms with E-state index in [-0.39, 0.29) is 11.2 Å². The van der Waals surface area contributed by atoms with Gasteiger partial charge in [0.15, 0.2) is 0 Å². The first-order valence-corrected chi connectivity index (χ1v) is 11.3. The molecule has 31 heavy (non-hydrogen) atoms. The zero-order chi connectivity index (χ0) is 21.4. The van der Waals surface area contributed by atoms with Crippen LogP contribution in [-0.2, 0) is 6.54 Å². The third kappa shape index (κ3) is 3.77. The van der Waals surface area contributed by atoms with E-state index < -0.39 is 0 Å². The molecule has 1 fully saturated rings. The number of benzene rings is 1. The van der Waals surface area contributed by atoms with Crippen molar-refractivity contribution in [3.8, 4) is 5.75 Å². The van der Waals surface area contributed by atoms with Crippen LogP contribution >= 0.6 is 11.3 Å². The highest BCUT2D eigenvalue weighted by Gasteiger charge is 2.24. The minimum Gasteiger partial charge on any atom is -0.497 e. The minimum atomic E-state index is -0.362. The summed E-state index contributed by atoms with van der Waals surface area (Å²) in [5, 5.41) is 0. The van der Waals surface area contributed by atoms with Crippen molar-refractivity contribution in [3.05, 3.63) is 69.0 Å². The number of H-pyrrole nitrogens is 1. The Labute approximate surface area is 182 Å². The van der Waals surface area contributed by atoms with Crippen LogP contribution in [0.2, 0.25) is 0 Å². The minimum absolute atomic E-state index is 0.225. The number of nitrogens with zero attached hydrogens (tertiary/aromatic N) is 3. The van der Waals surface area contributed by atoms with Crippen molar-refractivity contribution >= 4 is 31.8 Å². The van der Waals surface area contributed by atoms with Crippen molar-refractivity contribution in [1.82, 2.24) is 19.4 Å². The molecule has 0 spiro atoms. The molecule has 1 aliphatic heterocycles. The van der Waals surface area contributed by atoms with E-state index in [0.717, 1.165) is 42.9 Å². The van der Waals surface area contributed by atoms with Crippen LogP contribution in [0.5, 0.6) is 5.75 Å². The van der Waals surface area contributed by atoms with Crippen molar-refractivity contribution < 1.29 is 4.74 Å². The first-order chi connectivity index (χ1) is 15.1. The molecule has 8 heteroatoms. The second kappa shape index (κ2) is 8.28. The van der Waals surface area contributed by atoms with Crippen LogP contribution < -0.4 is 16.0 Å². The lowest BCUT2D eigenvalue weighted by atomic mass is 9.98. The van der Waals surface area contributed by atoms with E-state index in [1.165, 1.54) is 21.5 Å². The topological polar surface area (TPSA) is 80.2 Å². The summed E-state index contributed by atoms with van der Waals surface area (Å²) in [7, 11) is 1.69. The highest BCUT2D eigenvalue weighted by atomic mass is 32.1. The fraction of sp³-hybridized carbons (Fsp3) is 0.348. The van der Waals surface area contributed by atoms with E-state index in [1.807, 2.05) is 24.3 Å². The molecule has 0 radical (unpaired) electrons. The molecule has 1 atom stereocenters. The number of aromatic amines is 1. The molecule has 0 saturated carbocycles. The van der Waals surface area contributed by atoms with Crippen LogP contribution in [-0.4, -0.2) is 46.2 Å². The molecule has 4 heterocycles. The largest absolute Gasteiger partial charge is 0.497 e. The van der Waals surface area contributed by atoms with Crippen molar-refractivity contribution in [1.29, 1.82) is 0 Å². The summed E-state index contributed by atoms with van der Waals surface area (Å²) in [5.74, 6) is 1.38. The average Bonchev–Trinajstić information content (AvgIpc) is 3.41. The van der Waals surface area contributed by atoms with Gasteiger partial charge < -0.3 is 14.6 Å². The number of hydrogen-bond donors (Lipinski definition) is 1. The molecule has 7 nitrogen and oxygen atoms in total. The Bertz CT molecular complexity index is 1360. The van der Waals surface area contributed by atoms with Crippen LogP contribution in [0.3, 0.4) is 0 Å². The Morgan fingerprint density at radius 2 is 2.13 bits per heavy atom. The Morgan fingerprint density at radius 3 is 3.00 bits per heavy atom. The zero-order valence-corrected chi connectivity index (χ0v) is 18.2. The molecule has 1 saturated heterocycles. The third-order valence-corrected chi connectivity index (χ3v) is 7.19. The van der Waals surface area contributed by atoms with Gasteiger partial charge in [-0.1, -0.05) is 12.1 Å². The first-order valence-electron chi connectivity index (χ1n) is 10.5. The SMILES string of the molecule is COc1cccc([C@H]2CCN(CCCn3c(=O)[nH]c4c(sc5cccnc54)c3=O)C2)c1. The number of rotatable bonds is 6. The molecule has 1 aromatic carbocycles. The smallest absolute Gasteiger partial charge is 0.328 e. The second-order valence-electron chi connectivity index (χ2n) is 7.96. The molecule has 1 N–H and O–H groups in total. The normalized spacial score (nSPS) is 17.0. The number of thiophene rings is 1.